The molecule has 3 aromatic carbocycles. The van der Waals surface area contributed by atoms with Gasteiger partial charge in [0.15, 0.2) is 11.9 Å². The van der Waals surface area contributed by atoms with Gasteiger partial charge in [0.25, 0.3) is 5.88 Å². The number of nitrogens with zero attached hydrogens (tertiary/aromatic N) is 1. The van der Waals surface area contributed by atoms with E-state index in [1.165, 1.54) is 6.07 Å². The minimum absolute atomic E-state index is 0.0145. The maximum atomic E-state index is 12.6. The zero-order valence-corrected chi connectivity index (χ0v) is 16.5. The zero-order valence-electron chi connectivity index (χ0n) is 16.5. The molecule has 0 bridgehead atoms. The summed E-state index contributed by atoms with van der Waals surface area (Å²) in [5.41, 5.74) is 2.11. The number of carbonyl (C=O) groups is 2. The van der Waals surface area contributed by atoms with E-state index < -0.39 is 18.0 Å². The molecule has 0 aliphatic rings. The van der Waals surface area contributed by atoms with Crippen LogP contribution in [0.5, 0.6) is 5.88 Å². The molecule has 0 saturated carbocycles. The topological polar surface area (TPSA) is 78.6 Å². The van der Waals surface area contributed by atoms with Crippen molar-refractivity contribution in [1.82, 2.24) is 5.16 Å². The van der Waals surface area contributed by atoms with Crippen LogP contribution < -0.4 is 4.74 Å². The average molecular weight is 413 g/mol. The van der Waals surface area contributed by atoms with Gasteiger partial charge < -0.3 is 14.0 Å². The molecule has 0 saturated heterocycles. The lowest BCUT2D eigenvalue weighted by Gasteiger charge is -2.18. The van der Waals surface area contributed by atoms with E-state index in [-0.39, 0.29) is 18.1 Å². The van der Waals surface area contributed by atoms with Crippen molar-refractivity contribution in [2.45, 2.75) is 12.5 Å². The Morgan fingerprint density at radius 2 is 1.35 bits per heavy atom. The van der Waals surface area contributed by atoms with Gasteiger partial charge in [0, 0.05) is 6.07 Å². The summed E-state index contributed by atoms with van der Waals surface area (Å²) in [4.78, 5) is 24.7. The molecule has 0 N–H and O–H groups in total. The standard InChI is InChI=1S/C25H19NO5/c27-23(30-24(18-10-4-1-5-11-18)19-12-6-2-7-13-19)17-21-16-22(26-31-21)29-25(28)20-14-8-3-9-15-20/h1-16,24H,17H2. The normalized spacial score (nSPS) is 10.6. The van der Waals surface area contributed by atoms with Crippen LogP contribution >= 0.6 is 0 Å². The highest BCUT2D eigenvalue weighted by atomic mass is 16.6. The van der Waals surface area contributed by atoms with Crippen LogP contribution in [0.2, 0.25) is 0 Å². The molecule has 154 valence electrons. The van der Waals surface area contributed by atoms with Gasteiger partial charge in [0.2, 0.25) is 0 Å². The second kappa shape index (κ2) is 9.54. The number of aromatic nitrogens is 1. The van der Waals surface area contributed by atoms with Crippen molar-refractivity contribution >= 4 is 11.9 Å². The summed E-state index contributed by atoms with van der Waals surface area (Å²) in [7, 11) is 0. The van der Waals surface area contributed by atoms with Crippen LogP contribution in [0.15, 0.2) is 102 Å². The van der Waals surface area contributed by atoms with Crippen LogP contribution in [0.25, 0.3) is 0 Å². The number of ether oxygens (including phenoxy) is 2. The molecule has 31 heavy (non-hydrogen) atoms. The van der Waals surface area contributed by atoms with Crippen molar-refractivity contribution in [2.75, 3.05) is 0 Å². The number of carbonyl (C=O) groups excluding carboxylic acids is 2. The molecule has 0 atom stereocenters. The molecule has 6 nitrogen and oxygen atoms in total. The average Bonchev–Trinajstić information content (AvgIpc) is 3.25. The Kier molecular flexibility index (Phi) is 6.18. The first-order valence-electron chi connectivity index (χ1n) is 9.71. The van der Waals surface area contributed by atoms with Gasteiger partial charge in [-0.2, -0.15) is 0 Å². The van der Waals surface area contributed by atoms with Crippen molar-refractivity contribution in [2.24, 2.45) is 0 Å². The molecular formula is C25H19NO5. The van der Waals surface area contributed by atoms with Crippen molar-refractivity contribution < 1.29 is 23.6 Å². The highest BCUT2D eigenvalue weighted by Gasteiger charge is 2.21. The quantitative estimate of drug-likeness (QED) is 0.406. The van der Waals surface area contributed by atoms with E-state index in [9.17, 15) is 9.59 Å². The molecule has 0 spiro atoms. The predicted molar refractivity (Wildman–Crippen MR) is 112 cm³/mol. The molecule has 0 amide bonds. The van der Waals surface area contributed by atoms with Crippen LogP contribution in [0.3, 0.4) is 0 Å². The highest BCUT2D eigenvalue weighted by Crippen LogP contribution is 2.26. The second-order valence-electron chi connectivity index (χ2n) is 6.76. The lowest BCUT2D eigenvalue weighted by Crippen LogP contribution is -2.14. The third-order valence-electron chi connectivity index (χ3n) is 4.52. The smallest absolute Gasteiger partial charge is 0.344 e. The summed E-state index contributed by atoms with van der Waals surface area (Å²) in [5.74, 6) is -0.828. The van der Waals surface area contributed by atoms with E-state index in [1.54, 1.807) is 30.3 Å². The number of benzene rings is 3. The van der Waals surface area contributed by atoms with E-state index in [4.69, 9.17) is 14.0 Å². The second-order valence-corrected chi connectivity index (χ2v) is 6.76. The molecule has 0 unspecified atom stereocenters. The lowest BCUT2D eigenvalue weighted by molar-refractivity contribution is -0.147. The van der Waals surface area contributed by atoms with Gasteiger partial charge in [-0.1, -0.05) is 78.9 Å². The number of hydrogen-bond donors (Lipinski definition) is 0. The molecule has 0 fully saturated rings. The van der Waals surface area contributed by atoms with Gasteiger partial charge in [-0.15, -0.1) is 0 Å². The van der Waals surface area contributed by atoms with Gasteiger partial charge in [-0.05, 0) is 28.4 Å². The summed E-state index contributed by atoms with van der Waals surface area (Å²) in [6.45, 7) is 0. The Bertz CT molecular complexity index is 1100. The fourth-order valence-electron chi connectivity index (χ4n) is 3.05. The minimum Gasteiger partial charge on any atom is -0.452 e. The molecule has 1 aromatic heterocycles. The molecule has 4 aromatic rings. The fraction of sp³-hybridized carbons (Fsp3) is 0.0800. The van der Waals surface area contributed by atoms with Crippen LogP contribution in [0, 0.1) is 0 Å². The number of rotatable bonds is 7. The minimum atomic E-state index is -0.559. The van der Waals surface area contributed by atoms with Crippen LogP contribution in [-0.2, 0) is 16.0 Å². The maximum absolute atomic E-state index is 12.6. The molecule has 0 radical (unpaired) electrons. The molecule has 1 heterocycles. The SMILES string of the molecule is O=C(Cc1cc(OC(=O)c2ccccc2)no1)OC(c1ccccc1)c1ccccc1. The van der Waals surface area contributed by atoms with E-state index in [0.717, 1.165) is 11.1 Å². The van der Waals surface area contributed by atoms with Crippen LogP contribution in [0.4, 0.5) is 0 Å². The third kappa shape index (κ3) is 5.25. The van der Waals surface area contributed by atoms with Gasteiger partial charge >= 0.3 is 11.9 Å². The van der Waals surface area contributed by atoms with Gasteiger partial charge in [0.05, 0.1) is 5.56 Å². The van der Waals surface area contributed by atoms with E-state index in [0.29, 0.717) is 5.56 Å². The summed E-state index contributed by atoms with van der Waals surface area (Å²) in [6.07, 6.45) is -0.695. The predicted octanol–water partition coefficient (Wildman–Crippen LogP) is 4.77. The Balaban J connectivity index is 1.42. The van der Waals surface area contributed by atoms with Crippen molar-refractivity contribution in [3.05, 3.63) is 120 Å². The molecule has 4 rings (SSSR count). The maximum Gasteiger partial charge on any atom is 0.344 e. The third-order valence-corrected chi connectivity index (χ3v) is 4.52. The Morgan fingerprint density at radius 3 is 1.94 bits per heavy atom. The van der Waals surface area contributed by atoms with Crippen molar-refractivity contribution in [3.63, 3.8) is 0 Å². The molecular weight excluding hydrogens is 394 g/mol. The fourth-order valence-corrected chi connectivity index (χ4v) is 3.05. The van der Waals surface area contributed by atoms with E-state index in [1.807, 2.05) is 60.7 Å². The molecule has 0 aliphatic heterocycles. The van der Waals surface area contributed by atoms with E-state index in [2.05, 4.69) is 5.16 Å². The first-order chi connectivity index (χ1) is 15.2. The first kappa shape index (κ1) is 20.1. The largest absolute Gasteiger partial charge is 0.452 e. The van der Waals surface area contributed by atoms with Crippen LogP contribution in [-0.4, -0.2) is 17.1 Å². The molecule has 0 aliphatic carbocycles. The monoisotopic (exact) mass is 413 g/mol. The van der Waals surface area contributed by atoms with Gasteiger partial charge in [-0.25, -0.2) is 4.79 Å². The summed E-state index contributed by atoms with van der Waals surface area (Å²) < 4.78 is 16.1. The van der Waals surface area contributed by atoms with Gasteiger partial charge in [0.1, 0.15) is 6.42 Å². The summed E-state index contributed by atoms with van der Waals surface area (Å²) >= 11 is 0. The molecule has 6 heteroatoms. The summed E-state index contributed by atoms with van der Waals surface area (Å²) in [5, 5.41) is 3.70. The number of esters is 2. The first-order valence-corrected chi connectivity index (χ1v) is 9.71. The zero-order chi connectivity index (χ0) is 21.5. The Morgan fingerprint density at radius 1 is 0.806 bits per heavy atom. The number of hydrogen-bond acceptors (Lipinski definition) is 6. The Hall–Kier alpha value is -4.19. The highest BCUT2D eigenvalue weighted by molar-refractivity contribution is 5.90. The van der Waals surface area contributed by atoms with Crippen molar-refractivity contribution in [3.8, 4) is 5.88 Å². The Labute approximate surface area is 179 Å². The lowest BCUT2D eigenvalue weighted by atomic mass is 10.0. The van der Waals surface area contributed by atoms with E-state index >= 15 is 0 Å². The summed E-state index contributed by atoms with van der Waals surface area (Å²) in [6, 6.07) is 28.9. The van der Waals surface area contributed by atoms with Crippen LogP contribution in [0.1, 0.15) is 33.3 Å². The van der Waals surface area contributed by atoms with Crippen molar-refractivity contribution in [1.29, 1.82) is 0 Å². The van der Waals surface area contributed by atoms with Gasteiger partial charge in [-0.3, -0.25) is 4.79 Å².